The van der Waals surface area contributed by atoms with Crippen molar-refractivity contribution in [3.8, 4) is 17.3 Å². The molecule has 0 saturated heterocycles. The molecule has 0 fully saturated rings. The van der Waals surface area contributed by atoms with Crippen molar-refractivity contribution in [2.24, 2.45) is 0 Å². The Morgan fingerprint density at radius 1 is 1.21 bits per heavy atom. The molecule has 3 heterocycles. The van der Waals surface area contributed by atoms with Crippen molar-refractivity contribution < 1.29 is 13.5 Å². The fourth-order valence-corrected chi connectivity index (χ4v) is 3.69. The first-order valence-electron chi connectivity index (χ1n) is 9.19. The summed E-state index contributed by atoms with van der Waals surface area (Å²) in [6, 6.07) is 8.35. The van der Waals surface area contributed by atoms with Crippen LogP contribution in [0.1, 0.15) is 30.6 Å². The highest BCUT2D eigenvalue weighted by Gasteiger charge is 2.29. The van der Waals surface area contributed by atoms with Crippen LogP contribution in [0, 0.1) is 11.6 Å². The highest BCUT2D eigenvalue weighted by atomic mass is 19.2. The zero-order valence-electron chi connectivity index (χ0n) is 15.7. The van der Waals surface area contributed by atoms with Crippen LogP contribution in [-0.4, -0.2) is 28.6 Å². The van der Waals surface area contributed by atoms with Gasteiger partial charge in [0.15, 0.2) is 17.4 Å². The molecule has 1 aromatic carbocycles. The topological polar surface area (TPSA) is 51.1 Å². The molecule has 3 aromatic rings. The Balaban J connectivity index is 1.71. The number of aromatic nitrogens is 3. The van der Waals surface area contributed by atoms with Crippen molar-refractivity contribution in [3.63, 3.8) is 0 Å². The molecule has 0 bridgehead atoms. The van der Waals surface area contributed by atoms with Gasteiger partial charge in [0, 0.05) is 48.7 Å². The third-order valence-electron chi connectivity index (χ3n) is 5.04. The first kappa shape index (κ1) is 18.3. The third kappa shape index (κ3) is 3.17. The molecule has 0 N–H and O–H groups in total. The molecule has 0 saturated carbocycles. The second-order valence-electron chi connectivity index (χ2n) is 6.62. The SMILES string of the molecule is CCC1c2cnc(-c3ccccn3)nc2CCN1c1cc(F)c(F)c(OC)c1. The standard InChI is InChI=1S/C21H20F2N4O/c1-3-18-14-12-25-21(17-6-4-5-8-24-17)26-16(14)7-9-27(18)13-10-15(22)20(23)19(11-13)28-2/h4-6,8,10-12,18H,3,7,9H2,1-2H3. The number of nitrogens with zero attached hydrogens (tertiary/aromatic N) is 4. The number of halogens is 2. The van der Waals surface area contributed by atoms with E-state index in [-0.39, 0.29) is 11.8 Å². The molecular formula is C21H20F2N4O. The molecule has 5 nitrogen and oxygen atoms in total. The summed E-state index contributed by atoms with van der Waals surface area (Å²) < 4.78 is 32.9. The largest absolute Gasteiger partial charge is 0.493 e. The second-order valence-corrected chi connectivity index (χ2v) is 6.62. The van der Waals surface area contributed by atoms with Crippen molar-refractivity contribution in [1.82, 2.24) is 15.0 Å². The van der Waals surface area contributed by atoms with Crippen LogP contribution < -0.4 is 9.64 Å². The Morgan fingerprint density at radius 3 is 2.79 bits per heavy atom. The zero-order valence-corrected chi connectivity index (χ0v) is 15.7. The Bertz CT molecular complexity index is 997. The molecule has 1 aliphatic heterocycles. The minimum Gasteiger partial charge on any atom is -0.493 e. The molecule has 0 amide bonds. The van der Waals surface area contributed by atoms with Gasteiger partial charge in [-0.25, -0.2) is 14.4 Å². The van der Waals surface area contributed by atoms with E-state index < -0.39 is 11.6 Å². The molecule has 7 heteroatoms. The van der Waals surface area contributed by atoms with Crippen LogP contribution in [0.15, 0.2) is 42.7 Å². The molecule has 0 spiro atoms. The van der Waals surface area contributed by atoms with E-state index in [9.17, 15) is 8.78 Å². The number of ether oxygens (including phenoxy) is 1. The molecule has 1 atom stereocenters. The number of hydrogen-bond acceptors (Lipinski definition) is 5. The zero-order chi connectivity index (χ0) is 19.7. The van der Waals surface area contributed by atoms with Crippen LogP contribution in [0.4, 0.5) is 14.5 Å². The highest BCUT2D eigenvalue weighted by Crippen LogP contribution is 2.37. The maximum absolute atomic E-state index is 14.0. The summed E-state index contributed by atoms with van der Waals surface area (Å²) >= 11 is 0. The lowest BCUT2D eigenvalue weighted by atomic mass is 9.95. The third-order valence-corrected chi connectivity index (χ3v) is 5.04. The molecule has 1 unspecified atom stereocenters. The van der Waals surface area contributed by atoms with Gasteiger partial charge < -0.3 is 9.64 Å². The van der Waals surface area contributed by atoms with Crippen LogP contribution in [0.25, 0.3) is 11.5 Å². The minimum absolute atomic E-state index is 0.0314. The van der Waals surface area contributed by atoms with Gasteiger partial charge in [-0.2, -0.15) is 4.39 Å². The number of pyridine rings is 1. The van der Waals surface area contributed by atoms with Gasteiger partial charge in [0.25, 0.3) is 0 Å². The summed E-state index contributed by atoms with van der Waals surface area (Å²) in [7, 11) is 1.33. The normalized spacial score (nSPS) is 16.0. The fourth-order valence-electron chi connectivity index (χ4n) is 3.69. The summed E-state index contributed by atoms with van der Waals surface area (Å²) in [5.74, 6) is -1.40. The van der Waals surface area contributed by atoms with Gasteiger partial charge in [-0.15, -0.1) is 0 Å². The molecule has 0 radical (unpaired) electrons. The van der Waals surface area contributed by atoms with E-state index in [4.69, 9.17) is 9.72 Å². The molecule has 0 aliphatic carbocycles. The van der Waals surface area contributed by atoms with Crippen LogP contribution >= 0.6 is 0 Å². The van der Waals surface area contributed by atoms with E-state index in [2.05, 4.69) is 21.8 Å². The van der Waals surface area contributed by atoms with Gasteiger partial charge in [0.2, 0.25) is 5.82 Å². The van der Waals surface area contributed by atoms with Gasteiger partial charge in [0.1, 0.15) is 5.69 Å². The first-order valence-corrected chi connectivity index (χ1v) is 9.19. The number of methoxy groups -OCH3 is 1. The van der Waals surface area contributed by atoms with Crippen LogP contribution in [0.5, 0.6) is 5.75 Å². The summed E-state index contributed by atoms with van der Waals surface area (Å²) in [5, 5.41) is 0. The molecule has 2 aromatic heterocycles. The van der Waals surface area contributed by atoms with E-state index in [1.807, 2.05) is 24.4 Å². The fraction of sp³-hybridized carbons (Fsp3) is 0.286. The summed E-state index contributed by atoms with van der Waals surface area (Å²) in [5.41, 5.74) is 3.28. The van der Waals surface area contributed by atoms with E-state index in [1.165, 1.54) is 19.2 Å². The highest BCUT2D eigenvalue weighted by molar-refractivity contribution is 5.56. The van der Waals surface area contributed by atoms with Gasteiger partial charge in [-0.05, 0) is 18.6 Å². The Kier molecular flexibility index (Phi) is 4.90. The summed E-state index contributed by atoms with van der Waals surface area (Å²) in [6.45, 7) is 2.69. The van der Waals surface area contributed by atoms with Crippen molar-refractivity contribution in [1.29, 1.82) is 0 Å². The average Bonchev–Trinajstić information content (AvgIpc) is 2.75. The minimum atomic E-state index is -0.972. The predicted molar refractivity (Wildman–Crippen MR) is 102 cm³/mol. The monoisotopic (exact) mass is 382 g/mol. The van der Waals surface area contributed by atoms with Gasteiger partial charge in [0.05, 0.1) is 18.8 Å². The van der Waals surface area contributed by atoms with Crippen molar-refractivity contribution in [3.05, 3.63) is 65.6 Å². The van der Waals surface area contributed by atoms with Gasteiger partial charge in [-0.3, -0.25) is 4.98 Å². The van der Waals surface area contributed by atoms with E-state index in [1.54, 1.807) is 6.20 Å². The van der Waals surface area contributed by atoms with E-state index >= 15 is 0 Å². The first-order chi connectivity index (χ1) is 13.6. The molecule has 144 valence electrons. The maximum atomic E-state index is 14.0. The number of rotatable bonds is 4. The van der Waals surface area contributed by atoms with Crippen LogP contribution in [0.2, 0.25) is 0 Å². The van der Waals surface area contributed by atoms with E-state index in [0.717, 1.165) is 23.4 Å². The Morgan fingerprint density at radius 2 is 2.07 bits per heavy atom. The van der Waals surface area contributed by atoms with Gasteiger partial charge >= 0.3 is 0 Å². The van der Waals surface area contributed by atoms with Crippen LogP contribution in [-0.2, 0) is 6.42 Å². The lowest BCUT2D eigenvalue weighted by Gasteiger charge is -2.38. The molecule has 1 aliphatic rings. The van der Waals surface area contributed by atoms with Gasteiger partial charge in [-0.1, -0.05) is 13.0 Å². The Labute approximate surface area is 162 Å². The van der Waals surface area contributed by atoms with Crippen molar-refractivity contribution >= 4 is 5.69 Å². The molecular weight excluding hydrogens is 362 g/mol. The summed E-state index contributed by atoms with van der Waals surface area (Å²) in [6.07, 6.45) is 4.99. The molecule has 28 heavy (non-hydrogen) atoms. The summed E-state index contributed by atoms with van der Waals surface area (Å²) in [4.78, 5) is 15.6. The molecule has 4 rings (SSSR count). The number of benzene rings is 1. The lowest BCUT2D eigenvalue weighted by molar-refractivity contribution is 0.371. The van der Waals surface area contributed by atoms with Crippen molar-refractivity contribution in [2.75, 3.05) is 18.6 Å². The second kappa shape index (κ2) is 7.50. The Hall–Kier alpha value is -3.09. The lowest BCUT2D eigenvalue weighted by Crippen LogP contribution is -2.36. The maximum Gasteiger partial charge on any atom is 0.200 e. The van der Waals surface area contributed by atoms with Crippen LogP contribution in [0.3, 0.4) is 0 Å². The smallest absolute Gasteiger partial charge is 0.200 e. The quantitative estimate of drug-likeness (QED) is 0.672. The number of fused-ring (bicyclic) bond motifs is 1. The number of anilines is 1. The van der Waals surface area contributed by atoms with Crippen molar-refractivity contribution in [2.45, 2.75) is 25.8 Å². The average molecular weight is 382 g/mol. The van der Waals surface area contributed by atoms with E-state index in [0.29, 0.717) is 24.5 Å². The predicted octanol–water partition coefficient (Wildman–Crippen LogP) is 4.34. The number of hydrogen-bond donors (Lipinski definition) is 0.